The number of carboxylic acids is 1. The second kappa shape index (κ2) is 4.16. The number of carboxylic acid groups (broad SMARTS) is 1. The summed E-state index contributed by atoms with van der Waals surface area (Å²) >= 11 is 1.38. The normalized spacial score (nSPS) is 18.1. The van der Waals surface area contributed by atoms with Gasteiger partial charge in [-0.25, -0.2) is 4.98 Å². The lowest BCUT2D eigenvalue weighted by Crippen LogP contribution is -2.19. The fraction of sp³-hybridized carbons (Fsp3) is 0.556. The molecule has 2 heterocycles. The summed E-state index contributed by atoms with van der Waals surface area (Å²) in [6.45, 7) is 2.02. The molecule has 5 nitrogen and oxygen atoms in total. The second-order valence-corrected chi connectivity index (χ2v) is 4.60. The van der Waals surface area contributed by atoms with E-state index in [1.54, 1.807) is 6.20 Å². The molecule has 0 radical (unpaired) electrons. The van der Waals surface area contributed by atoms with Crippen LogP contribution in [0.2, 0.25) is 0 Å². The van der Waals surface area contributed by atoms with E-state index in [1.807, 2.05) is 0 Å². The third kappa shape index (κ3) is 2.10. The molecule has 0 aromatic carbocycles. The molecule has 1 aliphatic heterocycles. The van der Waals surface area contributed by atoms with Gasteiger partial charge >= 0.3 is 5.97 Å². The third-order valence-electron chi connectivity index (χ3n) is 2.46. The predicted octanol–water partition coefficient (Wildman–Crippen LogP) is 0.828. The van der Waals surface area contributed by atoms with Gasteiger partial charge in [0.15, 0.2) is 5.13 Å². The monoisotopic (exact) mass is 227 g/mol. The van der Waals surface area contributed by atoms with Gasteiger partial charge in [0.1, 0.15) is 6.04 Å². The van der Waals surface area contributed by atoms with Crippen LogP contribution in [-0.2, 0) is 4.79 Å². The molecular formula is C9H13N3O2S. The summed E-state index contributed by atoms with van der Waals surface area (Å²) < 4.78 is 0. The van der Waals surface area contributed by atoms with Crippen molar-refractivity contribution in [2.24, 2.45) is 5.73 Å². The molecule has 82 valence electrons. The van der Waals surface area contributed by atoms with Crippen molar-refractivity contribution < 1.29 is 9.90 Å². The van der Waals surface area contributed by atoms with E-state index in [-0.39, 0.29) is 0 Å². The van der Waals surface area contributed by atoms with E-state index in [4.69, 9.17) is 10.8 Å². The van der Waals surface area contributed by atoms with Gasteiger partial charge in [0.2, 0.25) is 0 Å². The largest absolute Gasteiger partial charge is 0.480 e. The number of hydrogen-bond donors (Lipinski definition) is 2. The van der Waals surface area contributed by atoms with Crippen LogP contribution in [0.15, 0.2) is 6.20 Å². The highest BCUT2D eigenvalue weighted by Gasteiger charge is 2.20. The van der Waals surface area contributed by atoms with Gasteiger partial charge in [-0.1, -0.05) is 11.3 Å². The van der Waals surface area contributed by atoms with Crippen LogP contribution in [0.5, 0.6) is 0 Å². The lowest BCUT2D eigenvalue weighted by molar-refractivity contribution is -0.138. The van der Waals surface area contributed by atoms with Crippen molar-refractivity contribution in [1.82, 2.24) is 4.98 Å². The van der Waals surface area contributed by atoms with Gasteiger partial charge in [-0.15, -0.1) is 0 Å². The van der Waals surface area contributed by atoms with Crippen molar-refractivity contribution in [2.75, 3.05) is 18.0 Å². The van der Waals surface area contributed by atoms with Crippen LogP contribution in [0.4, 0.5) is 5.13 Å². The highest BCUT2D eigenvalue weighted by atomic mass is 32.1. The summed E-state index contributed by atoms with van der Waals surface area (Å²) in [5, 5.41) is 9.64. The molecule has 1 aromatic rings. The Morgan fingerprint density at radius 1 is 1.60 bits per heavy atom. The van der Waals surface area contributed by atoms with Gasteiger partial charge in [0.25, 0.3) is 0 Å². The zero-order chi connectivity index (χ0) is 10.8. The molecule has 0 aliphatic carbocycles. The van der Waals surface area contributed by atoms with Crippen LogP contribution in [0.25, 0.3) is 0 Å². The van der Waals surface area contributed by atoms with Crippen molar-refractivity contribution in [2.45, 2.75) is 18.9 Å². The maximum atomic E-state index is 10.7. The molecule has 1 fully saturated rings. The first kappa shape index (κ1) is 10.4. The molecule has 3 N–H and O–H groups in total. The van der Waals surface area contributed by atoms with Crippen LogP contribution in [0.1, 0.15) is 23.8 Å². The average molecular weight is 227 g/mol. The Kier molecular flexibility index (Phi) is 2.88. The lowest BCUT2D eigenvalue weighted by Gasteiger charge is -2.12. The average Bonchev–Trinajstić information content (AvgIpc) is 2.86. The molecule has 1 unspecified atom stereocenters. The fourth-order valence-corrected chi connectivity index (χ4v) is 2.56. The van der Waals surface area contributed by atoms with E-state index in [2.05, 4.69) is 9.88 Å². The summed E-state index contributed by atoms with van der Waals surface area (Å²) in [5.41, 5.74) is 5.50. The SMILES string of the molecule is NC(C(=O)O)c1cnc(N2CCCC2)s1. The number of thiazole rings is 1. The van der Waals surface area contributed by atoms with Crippen LogP contribution in [0.3, 0.4) is 0 Å². The smallest absolute Gasteiger partial charge is 0.326 e. The molecule has 2 rings (SSSR count). The summed E-state index contributed by atoms with van der Waals surface area (Å²) in [7, 11) is 0. The number of hydrogen-bond acceptors (Lipinski definition) is 5. The lowest BCUT2D eigenvalue weighted by atomic mass is 10.3. The van der Waals surface area contributed by atoms with Crippen molar-refractivity contribution in [1.29, 1.82) is 0 Å². The number of aromatic nitrogens is 1. The van der Waals surface area contributed by atoms with Crippen molar-refractivity contribution >= 4 is 22.4 Å². The second-order valence-electron chi connectivity index (χ2n) is 3.56. The molecule has 0 spiro atoms. The molecule has 15 heavy (non-hydrogen) atoms. The number of nitrogens with zero attached hydrogens (tertiary/aromatic N) is 2. The van der Waals surface area contributed by atoms with E-state index in [0.29, 0.717) is 4.88 Å². The number of anilines is 1. The Morgan fingerprint density at radius 3 is 2.87 bits per heavy atom. The standard InChI is InChI=1S/C9H13N3O2S/c10-7(8(13)14)6-5-11-9(15-6)12-3-1-2-4-12/h5,7H,1-4,10H2,(H,13,14). The van der Waals surface area contributed by atoms with Crippen LogP contribution < -0.4 is 10.6 Å². The minimum atomic E-state index is -1.01. The zero-order valence-electron chi connectivity index (χ0n) is 8.22. The molecule has 0 saturated carbocycles. The van der Waals surface area contributed by atoms with Crippen molar-refractivity contribution in [3.63, 3.8) is 0 Å². The Bertz CT molecular complexity index is 360. The van der Waals surface area contributed by atoms with Crippen LogP contribution in [0, 0.1) is 0 Å². The Morgan fingerprint density at radius 2 is 2.27 bits per heavy atom. The van der Waals surface area contributed by atoms with E-state index in [9.17, 15) is 4.79 Å². The van der Waals surface area contributed by atoms with Gasteiger partial charge < -0.3 is 15.7 Å². The van der Waals surface area contributed by atoms with Crippen LogP contribution >= 0.6 is 11.3 Å². The van der Waals surface area contributed by atoms with E-state index in [0.717, 1.165) is 18.2 Å². The Balaban J connectivity index is 2.12. The van der Waals surface area contributed by atoms with Crippen molar-refractivity contribution in [3.8, 4) is 0 Å². The first-order valence-corrected chi connectivity index (χ1v) is 5.69. The van der Waals surface area contributed by atoms with Gasteiger partial charge in [-0.3, -0.25) is 4.79 Å². The zero-order valence-corrected chi connectivity index (χ0v) is 9.04. The fourth-order valence-electron chi connectivity index (χ4n) is 1.60. The van der Waals surface area contributed by atoms with Gasteiger partial charge in [0, 0.05) is 19.3 Å². The summed E-state index contributed by atoms with van der Waals surface area (Å²) in [4.78, 5) is 17.7. The molecule has 1 aromatic heterocycles. The number of nitrogens with two attached hydrogens (primary N) is 1. The third-order valence-corrected chi connectivity index (χ3v) is 3.60. The maximum Gasteiger partial charge on any atom is 0.326 e. The van der Waals surface area contributed by atoms with E-state index >= 15 is 0 Å². The molecule has 1 saturated heterocycles. The maximum absolute atomic E-state index is 10.7. The number of aliphatic carboxylic acids is 1. The van der Waals surface area contributed by atoms with Gasteiger partial charge in [0.05, 0.1) is 4.88 Å². The highest BCUT2D eigenvalue weighted by Crippen LogP contribution is 2.28. The summed E-state index contributed by atoms with van der Waals surface area (Å²) in [5.74, 6) is -1.01. The van der Waals surface area contributed by atoms with E-state index in [1.165, 1.54) is 24.2 Å². The van der Waals surface area contributed by atoms with Crippen LogP contribution in [-0.4, -0.2) is 29.1 Å². The Hall–Kier alpha value is -1.14. The molecule has 0 bridgehead atoms. The van der Waals surface area contributed by atoms with Crippen molar-refractivity contribution in [3.05, 3.63) is 11.1 Å². The summed E-state index contributed by atoms with van der Waals surface area (Å²) in [6.07, 6.45) is 3.93. The van der Waals surface area contributed by atoms with E-state index < -0.39 is 12.0 Å². The molecule has 1 aliphatic rings. The quantitative estimate of drug-likeness (QED) is 0.799. The van der Waals surface area contributed by atoms with Gasteiger partial charge in [-0.05, 0) is 12.8 Å². The first-order valence-electron chi connectivity index (χ1n) is 4.87. The molecule has 1 atom stereocenters. The Labute approximate surface area is 91.5 Å². The minimum Gasteiger partial charge on any atom is -0.480 e. The summed E-state index contributed by atoms with van der Waals surface area (Å²) in [6, 6.07) is -0.946. The highest BCUT2D eigenvalue weighted by molar-refractivity contribution is 7.15. The number of carbonyl (C=O) groups is 1. The molecule has 0 amide bonds. The van der Waals surface area contributed by atoms with Gasteiger partial charge in [-0.2, -0.15) is 0 Å². The topological polar surface area (TPSA) is 79.5 Å². The predicted molar refractivity (Wildman–Crippen MR) is 58.1 cm³/mol. The minimum absolute atomic E-state index is 0.615. The number of rotatable bonds is 3. The first-order chi connectivity index (χ1) is 7.18. The molecule has 6 heteroatoms. The molecular weight excluding hydrogens is 214 g/mol.